The molecule has 4 heteroatoms. The summed E-state index contributed by atoms with van der Waals surface area (Å²) in [7, 11) is 1.94. The smallest absolute Gasteiger partial charge is 0.0833 e. The van der Waals surface area contributed by atoms with Crippen LogP contribution in [0.3, 0.4) is 0 Å². The quantitative estimate of drug-likeness (QED) is 0.813. The number of nitrogens with zero attached hydrogens (tertiary/aromatic N) is 2. The maximum Gasteiger partial charge on any atom is 0.0833 e. The minimum absolute atomic E-state index is 0.329. The van der Waals surface area contributed by atoms with Crippen molar-refractivity contribution in [2.24, 2.45) is 7.05 Å². The zero-order chi connectivity index (χ0) is 11.3. The average Bonchev–Trinajstić information content (AvgIpc) is 2.54. The molecular weight excluding hydrogens is 210 g/mol. The van der Waals surface area contributed by atoms with Gasteiger partial charge in [-0.3, -0.25) is 4.68 Å². The summed E-state index contributed by atoms with van der Waals surface area (Å²) in [5, 5.41) is 8.44. The summed E-state index contributed by atoms with van der Waals surface area (Å²) in [5.74, 6) is 0. The Hall–Kier alpha value is -0.540. The van der Waals surface area contributed by atoms with Gasteiger partial charge in [-0.2, -0.15) is 5.10 Å². The summed E-state index contributed by atoms with van der Waals surface area (Å²) < 4.78 is 1.87. The molecule has 1 unspecified atom stereocenters. The molecule has 1 heterocycles. The second kappa shape index (κ2) is 6.13. The van der Waals surface area contributed by atoms with Gasteiger partial charge < -0.3 is 5.32 Å². The van der Waals surface area contributed by atoms with E-state index in [-0.39, 0.29) is 0 Å². The van der Waals surface area contributed by atoms with Crippen LogP contribution in [0.1, 0.15) is 44.8 Å². The predicted octanol–water partition coefficient (Wildman–Crippen LogP) is 2.91. The molecule has 1 aromatic heterocycles. The van der Waals surface area contributed by atoms with Crippen molar-refractivity contribution in [3.63, 3.8) is 0 Å². The van der Waals surface area contributed by atoms with Crippen LogP contribution in [-0.4, -0.2) is 16.3 Å². The maximum absolute atomic E-state index is 6.13. The first-order chi connectivity index (χ1) is 7.20. The van der Waals surface area contributed by atoms with E-state index in [1.54, 1.807) is 6.20 Å². The van der Waals surface area contributed by atoms with E-state index >= 15 is 0 Å². The lowest BCUT2D eigenvalue weighted by molar-refractivity contribution is 0.464. The monoisotopic (exact) mass is 229 g/mol. The minimum atomic E-state index is 0.329. The molecule has 0 aliphatic carbocycles. The Morgan fingerprint density at radius 2 is 2.20 bits per heavy atom. The van der Waals surface area contributed by atoms with Crippen molar-refractivity contribution < 1.29 is 0 Å². The fourth-order valence-corrected chi connectivity index (χ4v) is 2.05. The molecule has 3 nitrogen and oxygen atoms in total. The molecule has 0 aromatic carbocycles. The van der Waals surface area contributed by atoms with Gasteiger partial charge >= 0.3 is 0 Å². The van der Waals surface area contributed by atoms with Gasteiger partial charge in [0, 0.05) is 7.05 Å². The van der Waals surface area contributed by atoms with Crippen LogP contribution in [0.15, 0.2) is 6.20 Å². The first kappa shape index (κ1) is 12.5. The molecule has 0 spiro atoms. The van der Waals surface area contributed by atoms with Crippen LogP contribution in [0.25, 0.3) is 0 Å². The molecule has 1 aromatic rings. The molecule has 1 rings (SSSR count). The van der Waals surface area contributed by atoms with Crippen molar-refractivity contribution >= 4 is 11.6 Å². The van der Waals surface area contributed by atoms with Crippen molar-refractivity contribution in [1.82, 2.24) is 15.1 Å². The molecule has 0 aliphatic heterocycles. The molecule has 15 heavy (non-hydrogen) atoms. The summed E-state index contributed by atoms with van der Waals surface area (Å²) in [5.41, 5.74) is 1.10. The van der Waals surface area contributed by atoms with Crippen LogP contribution in [0.5, 0.6) is 0 Å². The number of aryl methyl sites for hydroxylation is 1. The van der Waals surface area contributed by atoms with Crippen molar-refractivity contribution in [1.29, 1.82) is 0 Å². The fourth-order valence-electron chi connectivity index (χ4n) is 1.75. The van der Waals surface area contributed by atoms with Gasteiger partial charge in [0.1, 0.15) is 0 Å². The lowest BCUT2D eigenvalue weighted by Gasteiger charge is -2.18. The Balaban J connectivity index is 2.78. The van der Waals surface area contributed by atoms with E-state index in [1.165, 1.54) is 0 Å². The fraction of sp³-hybridized carbons (Fsp3) is 0.727. The number of halogens is 1. The molecule has 0 amide bonds. The zero-order valence-electron chi connectivity index (χ0n) is 9.76. The average molecular weight is 230 g/mol. The van der Waals surface area contributed by atoms with E-state index in [9.17, 15) is 0 Å². The molecule has 86 valence electrons. The Bertz CT molecular complexity index is 277. The van der Waals surface area contributed by atoms with Gasteiger partial charge in [-0.15, -0.1) is 0 Å². The number of aromatic nitrogens is 2. The van der Waals surface area contributed by atoms with Crippen LogP contribution in [0, 0.1) is 0 Å². The first-order valence-corrected chi connectivity index (χ1v) is 5.99. The molecule has 0 fully saturated rings. The van der Waals surface area contributed by atoms with E-state index in [1.807, 2.05) is 11.7 Å². The lowest BCUT2D eigenvalue weighted by atomic mass is 10.1. The Labute approximate surface area is 96.8 Å². The second-order valence-electron chi connectivity index (χ2n) is 3.80. The summed E-state index contributed by atoms with van der Waals surface area (Å²) in [4.78, 5) is 0. The van der Waals surface area contributed by atoms with Crippen molar-refractivity contribution in [2.75, 3.05) is 6.54 Å². The van der Waals surface area contributed by atoms with Crippen LogP contribution in [0.4, 0.5) is 0 Å². The SMILES string of the molecule is CCCNC(CCC)c1c(Cl)cnn1C. The number of hydrogen-bond donors (Lipinski definition) is 1. The summed E-state index contributed by atoms with van der Waals surface area (Å²) in [6.07, 6.45) is 5.09. The van der Waals surface area contributed by atoms with Crippen LogP contribution >= 0.6 is 11.6 Å². The second-order valence-corrected chi connectivity index (χ2v) is 4.20. The van der Waals surface area contributed by atoms with Crippen LogP contribution in [-0.2, 0) is 7.05 Å². The topological polar surface area (TPSA) is 29.9 Å². The summed E-state index contributed by atoms with van der Waals surface area (Å²) in [6, 6.07) is 0.329. The van der Waals surface area contributed by atoms with Gasteiger partial charge in [0.2, 0.25) is 0 Å². The van der Waals surface area contributed by atoms with E-state index in [4.69, 9.17) is 11.6 Å². The number of rotatable bonds is 6. The number of nitrogens with one attached hydrogen (secondary N) is 1. The van der Waals surface area contributed by atoms with Crippen LogP contribution < -0.4 is 5.32 Å². The standard InChI is InChI=1S/C11H20ClN3/c1-4-6-10(13-7-5-2)11-9(12)8-14-15(11)3/h8,10,13H,4-7H2,1-3H3. The highest BCUT2D eigenvalue weighted by Gasteiger charge is 2.17. The van der Waals surface area contributed by atoms with Gasteiger partial charge in [-0.05, 0) is 19.4 Å². The molecule has 0 saturated heterocycles. The normalized spacial score (nSPS) is 13.1. The summed E-state index contributed by atoms with van der Waals surface area (Å²) in [6.45, 7) is 5.37. The van der Waals surface area contributed by atoms with Gasteiger partial charge in [0.25, 0.3) is 0 Å². The molecule has 1 N–H and O–H groups in total. The third kappa shape index (κ3) is 3.21. The highest BCUT2D eigenvalue weighted by molar-refractivity contribution is 6.31. The highest BCUT2D eigenvalue weighted by atomic mass is 35.5. The van der Waals surface area contributed by atoms with Gasteiger partial charge in [0.05, 0.1) is 23.0 Å². The van der Waals surface area contributed by atoms with E-state index in [0.717, 1.165) is 36.5 Å². The van der Waals surface area contributed by atoms with Crippen molar-refractivity contribution in [3.8, 4) is 0 Å². The van der Waals surface area contributed by atoms with Gasteiger partial charge in [-0.25, -0.2) is 0 Å². The molecule has 0 radical (unpaired) electrons. The molecule has 0 bridgehead atoms. The third-order valence-electron chi connectivity index (χ3n) is 2.49. The number of hydrogen-bond acceptors (Lipinski definition) is 2. The lowest BCUT2D eigenvalue weighted by Crippen LogP contribution is -2.24. The van der Waals surface area contributed by atoms with E-state index in [2.05, 4.69) is 24.3 Å². The maximum atomic E-state index is 6.13. The van der Waals surface area contributed by atoms with E-state index in [0.29, 0.717) is 6.04 Å². The first-order valence-electron chi connectivity index (χ1n) is 5.61. The Kier molecular flexibility index (Phi) is 5.12. The Morgan fingerprint density at radius 1 is 1.47 bits per heavy atom. The highest BCUT2D eigenvalue weighted by Crippen LogP contribution is 2.25. The molecular formula is C11H20ClN3. The third-order valence-corrected chi connectivity index (χ3v) is 2.78. The Morgan fingerprint density at radius 3 is 2.67 bits per heavy atom. The molecule has 0 aliphatic rings. The summed E-state index contributed by atoms with van der Waals surface area (Å²) >= 11 is 6.13. The minimum Gasteiger partial charge on any atom is -0.309 e. The zero-order valence-corrected chi connectivity index (χ0v) is 10.5. The van der Waals surface area contributed by atoms with E-state index < -0.39 is 0 Å². The van der Waals surface area contributed by atoms with Crippen LogP contribution in [0.2, 0.25) is 5.02 Å². The largest absolute Gasteiger partial charge is 0.309 e. The van der Waals surface area contributed by atoms with Crippen molar-refractivity contribution in [3.05, 3.63) is 16.9 Å². The van der Waals surface area contributed by atoms with Gasteiger partial charge in [0.15, 0.2) is 0 Å². The van der Waals surface area contributed by atoms with Crippen molar-refractivity contribution in [2.45, 2.75) is 39.2 Å². The van der Waals surface area contributed by atoms with Gasteiger partial charge in [-0.1, -0.05) is 31.9 Å². The molecule has 0 saturated carbocycles. The predicted molar refractivity (Wildman–Crippen MR) is 64.2 cm³/mol. The molecule has 1 atom stereocenters.